The van der Waals surface area contributed by atoms with Crippen LogP contribution in [0.25, 0.3) is 0 Å². The van der Waals surface area contributed by atoms with Gasteiger partial charge >= 0.3 is 5.97 Å². The number of carbonyl (C=O) groups is 3. The van der Waals surface area contributed by atoms with Gasteiger partial charge in [0, 0.05) is 13.0 Å². The van der Waals surface area contributed by atoms with Crippen molar-refractivity contribution < 1.29 is 19.5 Å². The molecule has 1 aliphatic heterocycles. The number of carbonyl (C=O) groups excluding carboxylic acids is 2. The summed E-state index contributed by atoms with van der Waals surface area (Å²) in [6.45, 7) is 0.394. The fraction of sp³-hybridized carbons (Fsp3) is 0.800. The molecule has 1 saturated carbocycles. The summed E-state index contributed by atoms with van der Waals surface area (Å²) in [5, 5.41) is 9.04. The number of hydrogen-bond donors (Lipinski definition) is 1. The standard InChI is InChI=1S/C15H23NO4/c17-13(9-8-11-5-2-1-3-6-11)14(18)16-10-4-7-12(16)15(19)20/h11-12H,1-10H2,(H,19,20)/t12-/m0/s1. The van der Waals surface area contributed by atoms with Gasteiger partial charge in [-0.25, -0.2) is 4.79 Å². The van der Waals surface area contributed by atoms with Crippen LogP contribution in [0.3, 0.4) is 0 Å². The average molecular weight is 281 g/mol. The molecule has 0 radical (unpaired) electrons. The summed E-state index contributed by atoms with van der Waals surface area (Å²) in [6.07, 6.45) is 8.20. The van der Waals surface area contributed by atoms with Crippen LogP contribution in [0.1, 0.15) is 57.8 Å². The molecule has 0 unspecified atom stereocenters. The van der Waals surface area contributed by atoms with Gasteiger partial charge in [-0.2, -0.15) is 0 Å². The highest BCUT2D eigenvalue weighted by Gasteiger charge is 2.36. The quantitative estimate of drug-likeness (QED) is 0.782. The van der Waals surface area contributed by atoms with E-state index in [1.165, 1.54) is 24.2 Å². The molecule has 0 aromatic carbocycles. The number of hydrogen-bond acceptors (Lipinski definition) is 3. The van der Waals surface area contributed by atoms with Gasteiger partial charge in [0.25, 0.3) is 5.91 Å². The van der Waals surface area contributed by atoms with Gasteiger partial charge < -0.3 is 10.0 Å². The Morgan fingerprint density at radius 2 is 1.70 bits per heavy atom. The van der Waals surface area contributed by atoms with Crippen LogP contribution in [0, 0.1) is 5.92 Å². The summed E-state index contributed by atoms with van der Waals surface area (Å²) in [4.78, 5) is 36.3. The number of carboxylic acids is 1. The fourth-order valence-electron chi connectivity index (χ4n) is 3.34. The lowest BCUT2D eigenvalue weighted by Crippen LogP contribution is -2.43. The second kappa shape index (κ2) is 6.86. The molecule has 2 fully saturated rings. The minimum Gasteiger partial charge on any atom is -0.480 e. The number of likely N-dealkylation sites (tertiary alicyclic amines) is 1. The van der Waals surface area contributed by atoms with Crippen LogP contribution < -0.4 is 0 Å². The van der Waals surface area contributed by atoms with Crippen molar-refractivity contribution in [3.63, 3.8) is 0 Å². The van der Waals surface area contributed by atoms with E-state index < -0.39 is 23.7 Å². The third kappa shape index (κ3) is 3.58. The Balaban J connectivity index is 1.82. The van der Waals surface area contributed by atoms with E-state index in [2.05, 4.69) is 0 Å². The van der Waals surface area contributed by atoms with E-state index in [0.717, 1.165) is 19.3 Å². The first-order valence-corrected chi connectivity index (χ1v) is 7.66. The van der Waals surface area contributed by atoms with Crippen molar-refractivity contribution in [1.29, 1.82) is 0 Å². The molecule has 5 heteroatoms. The summed E-state index contributed by atoms with van der Waals surface area (Å²) >= 11 is 0. The van der Waals surface area contributed by atoms with Gasteiger partial charge in [-0.05, 0) is 25.2 Å². The van der Waals surface area contributed by atoms with E-state index >= 15 is 0 Å². The van der Waals surface area contributed by atoms with Crippen molar-refractivity contribution in [2.45, 2.75) is 63.8 Å². The second-order valence-electron chi connectivity index (χ2n) is 5.96. The summed E-state index contributed by atoms with van der Waals surface area (Å²) in [5.74, 6) is -1.44. The largest absolute Gasteiger partial charge is 0.480 e. The Morgan fingerprint density at radius 1 is 1.00 bits per heavy atom. The first-order valence-electron chi connectivity index (χ1n) is 7.66. The van der Waals surface area contributed by atoms with Gasteiger partial charge in [-0.3, -0.25) is 9.59 Å². The minimum absolute atomic E-state index is 0.270. The zero-order valence-electron chi connectivity index (χ0n) is 11.8. The third-order valence-corrected chi connectivity index (χ3v) is 4.54. The number of amides is 1. The van der Waals surface area contributed by atoms with Crippen LogP contribution >= 0.6 is 0 Å². The molecule has 0 bridgehead atoms. The van der Waals surface area contributed by atoms with Crippen molar-refractivity contribution in [2.75, 3.05) is 6.54 Å². The zero-order valence-corrected chi connectivity index (χ0v) is 11.8. The highest BCUT2D eigenvalue weighted by atomic mass is 16.4. The van der Waals surface area contributed by atoms with Crippen LogP contribution in [-0.2, 0) is 14.4 Å². The molecule has 20 heavy (non-hydrogen) atoms. The smallest absolute Gasteiger partial charge is 0.326 e. The Morgan fingerprint density at radius 3 is 2.35 bits per heavy atom. The van der Waals surface area contributed by atoms with Crippen LogP contribution in [0.5, 0.6) is 0 Å². The van der Waals surface area contributed by atoms with Crippen molar-refractivity contribution in [3.05, 3.63) is 0 Å². The van der Waals surface area contributed by atoms with Gasteiger partial charge in [0.15, 0.2) is 0 Å². The number of aliphatic carboxylic acids is 1. The van der Waals surface area contributed by atoms with Gasteiger partial charge in [0.1, 0.15) is 6.04 Å². The normalized spacial score (nSPS) is 23.8. The van der Waals surface area contributed by atoms with Crippen LogP contribution in [0.15, 0.2) is 0 Å². The van der Waals surface area contributed by atoms with Crippen LogP contribution in [-0.4, -0.2) is 40.3 Å². The topological polar surface area (TPSA) is 74.7 Å². The van der Waals surface area contributed by atoms with Gasteiger partial charge in [-0.15, -0.1) is 0 Å². The van der Waals surface area contributed by atoms with Crippen LogP contribution in [0.4, 0.5) is 0 Å². The zero-order chi connectivity index (χ0) is 14.5. The Bertz CT molecular complexity index is 387. The molecule has 5 nitrogen and oxygen atoms in total. The predicted molar refractivity (Wildman–Crippen MR) is 73.2 cm³/mol. The molecule has 1 aliphatic carbocycles. The number of carboxylic acid groups (broad SMARTS) is 1. The molecular formula is C15H23NO4. The first kappa shape index (κ1) is 15.0. The number of Topliss-reactive ketones (excluding diaryl/α,β-unsaturated/α-hetero) is 1. The second-order valence-corrected chi connectivity index (χ2v) is 5.96. The van der Waals surface area contributed by atoms with E-state index in [1.54, 1.807) is 0 Å². The van der Waals surface area contributed by atoms with E-state index in [-0.39, 0.29) is 6.42 Å². The van der Waals surface area contributed by atoms with Crippen molar-refractivity contribution in [1.82, 2.24) is 4.90 Å². The summed E-state index contributed by atoms with van der Waals surface area (Å²) in [7, 11) is 0. The van der Waals surface area contributed by atoms with E-state index in [1.807, 2.05) is 0 Å². The van der Waals surface area contributed by atoms with E-state index in [9.17, 15) is 14.4 Å². The van der Waals surface area contributed by atoms with Crippen LogP contribution in [0.2, 0.25) is 0 Å². The maximum Gasteiger partial charge on any atom is 0.326 e. The SMILES string of the molecule is O=C(CCC1CCCCC1)C(=O)N1CCC[C@H]1C(=O)O. The minimum atomic E-state index is -1.00. The molecule has 1 atom stereocenters. The molecule has 1 saturated heterocycles. The molecule has 0 aromatic rings. The Hall–Kier alpha value is -1.39. The Kier molecular flexibility index (Phi) is 5.15. The summed E-state index contributed by atoms with van der Waals surface area (Å²) < 4.78 is 0. The van der Waals surface area contributed by atoms with E-state index in [0.29, 0.717) is 25.3 Å². The molecule has 0 aromatic heterocycles. The van der Waals surface area contributed by atoms with Gasteiger partial charge in [-0.1, -0.05) is 32.1 Å². The van der Waals surface area contributed by atoms with Crippen molar-refractivity contribution in [2.24, 2.45) is 5.92 Å². The third-order valence-electron chi connectivity index (χ3n) is 4.54. The molecule has 2 rings (SSSR count). The predicted octanol–water partition coefficient (Wildman–Crippen LogP) is 1.99. The molecule has 112 valence electrons. The number of rotatable bonds is 5. The maximum absolute atomic E-state index is 12.0. The lowest BCUT2D eigenvalue weighted by Gasteiger charge is -2.23. The molecule has 2 aliphatic rings. The average Bonchev–Trinajstić information content (AvgIpc) is 2.94. The molecule has 0 spiro atoms. The van der Waals surface area contributed by atoms with Gasteiger partial charge in [0.2, 0.25) is 5.78 Å². The van der Waals surface area contributed by atoms with Gasteiger partial charge in [0.05, 0.1) is 0 Å². The first-order chi connectivity index (χ1) is 9.59. The van der Waals surface area contributed by atoms with Crippen molar-refractivity contribution >= 4 is 17.7 Å². The fourth-order valence-corrected chi connectivity index (χ4v) is 3.34. The van der Waals surface area contributed by atoms with Crippen molar-refractivity contribution in [3.8, 4) is 0 Å². The molecule has 1 amide bonds. The number of nitrogens with zero attached hydrogens (tertiary/aromatic N) is 1. The highest BCUT2D eigenvalue weighted by Crippen LogP contribution is 2.27. The lowest BCUT2D eigenvalue weighted by molar-refractivity contribution is -0.152. The molecule has 1 heterocycles. The maximum atomic E-state index is 12.0. The summed E-state index contributed by atoms with van der Waals surface area (Å²) in [6, 6.07) is -0.805. The highest BCUT2D eigenvalue weighted by molar-refractivity contribution is 6.36. The number of ketones is 1. The molecular weight excluding hydrogens is 258 g/mol. The lowest BCUT2D eigenvalue weighted by atomic mass is 9.85. The monoisotopic (exact) mass is 281 g/mol. The summed E-state index contributed by atoms with van der Waals surface area (Å²) in [5.41, 5.74) is 0. The Labute approximate surface area is 119 Å². The molecule has 1 N–H and O–H groups in total. The van der Waals surface area contributed by atoms with E-state index in [4.69, 9.17) is 5.11 Å².